The molecule has 3 atom stereocenters. The molecule has 0 aliphatic carbocycles. The third-order valence-electron chi connectivity index (χ3n) is 3.47. The van der Waals surface area contributed by atoms with E-state index in [1.807, 2.05) is 0 Å². The molecule has 0 radical (unpaired) electrons. The molecule has 118 valence electrons. The SMILES string of the molecule is CC(=O)Nc1ncnc2c1[nH]c(=O)n2C1CC(O)C(CO)O1. The summed E-state index contributed by atoms with van der Waals surface area (Å²) in [5.41, 5.74) is 0.0191. The summed E-state index contributed by atoms with van der Waals surface area (Å²) in [5, 5.41) is 21.4. The van der Waals surface area contributed by atoms with Crippen LogP contribution >= 0.6 is 0 Å². The Labute approximate surface area is 123 Å². The van der Waals surface area contributed by atoms with Crippen LogP contribution in [0.4, 0.5) is 5.82 Å². The maximum Gasteiger partial charge on any atom is 0.329 e. The van der Waals surface area contributed by atoms with Crippen LogP contribution in [-0.4, -0.2) is 54.5 Å². The Bertz CT molecular complexity index is 769. The van der Waals surface area contributed by atoms with Gasteiger partial charge in [-0.25, -0.2) is 19.3 Å². The van der Waals surface area contributed by atoms with Crippen molar-refractivity contribution in [3.63, 3.8) is 0 Å². The molecule has 1 fully saturated rings. The largest absolute Gasteiger partial charge is 0.394 e. The number of H-pyrrole nitrogens is 1. The van der Waals surface area contributed by atoms with Crippen molar-refractivity contribution in [2.75, 3.05) is 11.9 Å². The Kier molecular flexibility index (Phi) is 3.64. The van der Waals surface area contributed by atoms with Crippen molar-refractivity contribution in [3.8, 4) is 0 Å². The van der Waals surface area contributed by atoms with Crippen molar-refractivity contribution in [1.82, 2.24) is 19.5 Å². The second-order valence-electron chi connectivity index (χ2n) is 5.02. The van der Waals surface area contributed by atoms with Crippen molar-refractivity contribution >= 4 is 22.9 Å². The molecule has 10 heteroatoms. The summed E-state index contributed by atoms with van der Waals surface area (Å²) in [7, 11) is 0. The van der Waals surface area contributed by atoms with E-state index in [0.717, 1.165) is 0 Å². The van der Waals surface area contributed by atoms with E-state index in [1.54, 1.807) is 0 Å². The first kappa shape index (κ1) is 14.6. The molecule has 1 amide bonds. The van der Waals surface area contributed by atoms with Crippen LogP contribution in [0.15, 0.2) is 11.1 Å². The summed E-state index contributed by atoms with van der Waals surface area (Å²) >= 11 is 0. The van der Waals surface area contributed by atoms with E-state index in [1.165, 1.54) is 17.8 Å². The number of nitrogens with one attached hydrogen (secondary N) is 2. The van der Waals surface area contributed by atoms with Gasteiger partial charge in [-0.05, 0) is 0 Å². The van der Waals surface area contributed by atoms with Crippen molar-refractivity contribution in [2.24, 2.45) is 0 Å². The van der Waals surface area contributed by atoms with Crippen LogP contribution in [0.3, 0.4) is 0 Å². The minimum atomic E-state index is -0.872. The lowest BCUT2D eigenvalue weighted by Gasteiger charge is -2.12. The van der Waals surface area contributed by atoms with Gasteiger partial charge in [0.2, 0.25) is 5.91 Å². The second-order valence-corrected chi connectivity index (χ2v) is 5.02. The summed E-state index contributed by atoms with van der Waals surface area (Å²) in [4.78, 5) is 33.9. The van der Waals surface area contributed by atoms with Crippen LogP contribution in [0.1, 0.15) is 19.6 Å². The lowest BCUT2D eigenvalue weighted by Crippen LogP contribution is -2.25. The van der Waals surface area contributed by atoms with Crippen molar-refractivity contribution in [3.05, 3.63) is 16.8 Å². The van der Waals surface area contributed by atoms with Gasteiger partial charge in [-0.1, -0.05) is 0 Å². The van der Waals surface area contributed by atoms with Gasteiger partial charge in [0.15, 0.2) is 11.5 Å². The van der Waals surface area contributed by atoms with Crippen LogP contribution in [0.2, 0.25) is 0 Å². The van der Waals surface area contributed by atoms with E-state index in [0.29, 0.717) is 0 Å². The summed E-state index contributed by atoms with van der Waals surface area (Å²) < 4.78 is 6.71. The van der Waals surface area contributed by atoms with E-state index < -0.39 is 24.1 Å². The molecule has 2 aromatic rings. The van der Waals surface area contributed by atoms with Gasteiger partial charge in [0.25, 0.3) is 0 Å². The molecule has 0 aromatic carbocycles. The quantitative estimate of drug-likeness (QED) is 0.553. The summed E-state index contributed by atoms with van der Waals surface area (Å²) in [6.45, 7) is 0.978. The zero-order valence-electron chi connectivity index (χ0n) is 11.7. The van der Waals surface area contributed by atoms with Crippen LogP contribution in [-0.2, 0) is 9.53 Å². The number of hydrogen-bond donors (Lipinski definition) is 4. The van der Waals surface area contributed by atoms with Crippen molar-refractivity contribution in [1.29, 1.82) is 0 Å². The second kappa shape index (κ2) is 5.48. The van der Waals surface area contributed by atoms with Gasteiger partial charge in [-0.15, -0.1) is 0 Å². The number of imidazole rings is 1. The molecule has 1 saturated heterocycles. The summed E-state index contributed by atoms with van der Waals surface area (Å²) in [6.07, 6.45) is -1.01. The minimum absolute atomic E-state index is 0.150. The Morgan fingerprint density at radius 3 is 3.00 bits per heavy atom. The first-order valence-corrected chi connectivity index (χ1v) is 6.68. The molecular formula is C12H15N5O5. The highest BCUT2D eigenvalue weighted by Crippen LogP contribution is 2.30. The average Bonchev–Trinajstić information content (AvgIpc) is 2.98. The van der Waals surface area contributed by atoms with Crippen LogP contribution in [0, 0.1) is 0 Å². The number of aromatic amines is 1. The summed E-state index contributed by atoms with van der Waals surface area (Å²) in [6, 6.07) is 0. The molecular weight excluding hydrogens is 294 g/mol. The molecule has 1 aliphatic rings. The molecule has 1 aliphatic heterocycles. The third-order valence-corrected chi connectivity index (χ3v) is 3.47. The molecule has 0 spiro atoms. The van der Waals surface area contributed by atoms with Gasteiger partial charge >= 0.3 is 5.69 Å². The number of amides is 1. The smallest absolute Gasteiger partial charge is 0.329 e. The van der Waals surface area contributed by atoms with Gasteiger partial charge in [-0.2, -0.15) is 0 Å². The minimum Gasteiger partial charge on any atom is -0.394 e. The number of aliphatic hydroxyl groups is 2. The van der Waals surface area contributed by atoms with Gasteiger partial charge < -0.3 is 25.3 Å². The van der Waals surface area contributed by atoms with Gasteiger partial charge in [0, 0.05) is 13.3 Å². The molecule has 0 saturated carbocycles. The lowest BCUT2D eigenvalue weighted by molar-refractivity contribution is -0.114. The molecule has 3 rings (SSSR count). The first-order chi connectivity index (χ1) is 10.5. The van der Waals surface area contributed by atoms with Crippen molar-refractivity contribution in [2.45, 2.75) is 31.8 Å². The fraction of sp³-hybridized carbons (Fsp3) is 0.500. The number of aliphatic hydroxyl groups excluding tert-OH is 2. The Balaban J connectivity index is 2.06. The Hall–Kier alpha value is -2.30. The fourth-order valence-corrected chi connectivity index (χ4v) is 2.50. The van der Waals surface area contributed by atoms with Crippen molar-refractivity contribution < 1.29 is 19.7 Å². The number of carbonyl (C=O) groups excluding carboxylic acids is 1. The number of aromatic nitrogens is 4. The highest BCUT2D eigenvalue weighted by Gasteiger charge is 2.36. The molecule has 4 N–H and O–H groups in total. The number of carbonyl (C=O) groups is 1. The predicted molar refractivity (Wildman–Crippen MR) is 74.1 cm³/mol. The number of fused-ring (bicyclic) bond motifs is 1. The number of anilines is 1. The van der Waals surface area contributed by atoms with Gasteiger partial charge in [0.1, 0.15) is 24.2 Å². The number of hydrogen-bond acceptors (Lipinski definition) is 7. The topological polar surface area (TPSA) is 142 Å². The Morgan fingerprint density at radius 1 is 1.59 bits per heavy atom. The maximum absolute atomic E-state index is 12.2. The zero-order valence-corrected chi connectivity index (χ0v) is 11.7. The highest BCUT2D eigenvalue weighted by molar-refractivity contribution is 5.95. The van der Waals surface area contributed by atoms with Gasteiger partial charge in [0.05, 0.1) is 12.7 Å². The molecule has 3 heterocycles. The Morgan fingerprint density at radius 2 is 2.36 bits per heavy atom. The van der Waals surface area contributed by atoms with Gasteiger partial charge in [-0.3, -0.25) is 4.79 Å². The monoisotopic (exact) mass is 309 g/mol. The van der Waals surface area contributed by atoms with E-state index in [2.05, 4.69) is 20.3 Å². The van der Waals surface area contributed by atoms with E-state index in [4.69, 9.17) is 9.84 Å². The van der Waals surface area contributed by atoms with E-state index >= 15 is 0 Å². The predicted octanol–water partition coefficient (Wildman–Crippen LogP) is -1.28. The highest BCUT2D eigenvalue weighted by atomic mass is 16.5. The maximum atomic E-state index is 12.2. The van der Waals surface area contributed by atoms with Crippen LogP contribution in [0.25, 0.3) is 11.2 Å². The van der Waals surface area contributed by atoms with E-state index in [-0.39, 0.29) is 35.9 Å². The molecule has 3 unspecified atom stereocenters. The molecule has 10 nitrogen and oxygen atoms in total. The molecule has 22 heavy (non-hydrogen) atoms. The number of rotatable bonds is 3. The molecule has 0 bridgehead atoms. The number of ether oxygens (including phenoxy) is 1. The van der Waals surface area contributed by atoms with Crippen LogP contribution < -0.4 is 11.0 Å². The third kappa shape index (κ3) is 2.36. The zero-order chi connectivity index (χ0) is 15.9. The van der Waals surface area contributed by atoms with E-state index in [9.17, 15) is 14.7 Å². The number of nitrogens with zero attached hydrogens (tertiary/aromatic N) is 3. The fourth-order valence-electron chi connectivity index (χ4n) is 2.50. The average molecular weight is 309 g/mol. The summed E-state index contributed by atoms with van der Waals surface area (Å²) in [5.74, 6) is -0.146. The lowest BCUT2D eigenvalue weighted by atomic mass is 10.2. The standard InChI is InChI=1S/C12H15N5O5/c1-5(19)15-10-9-11(14-4-13-10)17(12(21)16-9)8-2-6(20)7(3-18)22-8/h4,6-8,18,20H,2-3H2,1H3,(H,16,21)(H,13,14,15,19). The first-order valence-electron chi connectivity index (χ1n) is 6.68. The molecule has 2 aromatic heterocycles. The normalized spacial score (nSPS) is 24.8. The van der Waals surface area contributed by atoms with Crippen LogP contribution in [0.5, 0.6) is 0 Å².